The first-order chi connectivity index (χ1) is 10.1. The summed E-state index contributed by atoms with van der Waals surface area (Å²) in [6.45, 7) is 0.630. The van der Waals surface area contributed by atoms with Gasteiger partial charge in [-0.25, -0.2) is 0 Å². The van der Waals surface area contributed by atoms with Crippen LogP contribution in [0.5, 0.6) is 0 Å². The van der Waals surface area contributed by atoms with Gasteiger partial charge in [0, 0.05) is 22.7 Å². The van der Waals surface area contributed by atoms with Gasteiger partial charge in [0.15, 0.2) is 0 Å². The van der Waals surface area contributed by atoms with Gasteiger partial charge in [0.05, 0.1) is 5.56 Å². The van der Waals surface area contributed by atoms with Crippen LogP contribution in [0.2, 0.25) is 0 Å². The van der Waals surface area contributed by atoms with E-state index in [0.29, 0.717) is 12.6 Å². The third-order valence-corrected chi connectivity index (χ3v) is 4.38. The molecule has 1 aliphatic rings. The van der Waals surface area contributed by atoms with E-state index < -0.39 is 0 Å². The highest BCUT2D eigenvalue weighted by Crippen LogP contribution is 2.31. The Balaban J connectivity index is 1.83. The standard InChI is InChI=1S/C17H17BrN2O/c18-16-4-2-1-3-15(16)17(21)20(14-9-10-14)11-12-5-7-13(19)8-6-12/h1-8,14H,9-11,19H2. The normalized spacial score (nSPS) is 14.0. The number of nitrogens with two attached hydrogens (primary N) is 1. The van der Waals surface area contributed by atoms with Crippen LogP contribution in [0.15, 0.2) is 53.0 Å². The molecule has 1 fully saturated rings. The average molecular weight is 345 g/mol. The Bertz CT molecular complexity index is 650. The summed E-state index contributed by atoms with van der Waals surface area (Å²) in [6, 6.07) is 15.7. The quantitative estimate of drug-likeness (QED) is 0.856. The van der Waals surface area contributed by atoms with Gasteiger partial charge >= 0.3 is 0 Å². The van der Waals surface area contributed by atoms with E-state index in [2.05, 4.69) is 15.9 Å². The Labute approximate surface area is 132 Å². The first-order valence-electron chi connectivity index (χ1n) is 7.05. The number of hydrogen-bond acceptors (Lipinski definition) is 2. The van der Waals surface area contributed by atoms with Crippen LogP contribution >= 0.6 is 15.9 Å². The number of halogens is 1. The van der Waals surface area contributed by atoms with Crippen LogP contribution in [0, 0.1) is 0 Å². The topological polar surface area (TPSA) is 46.3 Å². The highest BCUT2D eigenvalue weighted by molar-refractivity contribution is 9.10. The third kappa shape index (κ3) is 3.27. The summed E-state index contributed by atoms with van der Waals surface area (Å²) >= 11 is 3.47. The average Bonchev–Trinajstić information content (AvgIpc) is 3.31. The van der Waals surface area contributed by atoms with Crippen LogP contribution in [0.4, 0.5) is 5.69 Å². The molecule has 3 nitrogen and oxygen atoms in total. The van der Waals surface area contributed by atoms with E-state index in [1.807, 2.05) is 53.4 Å². The van der Waals surface area contributed by atoms with Crippen LogP contribution in [-0.2, 0) is 6.54 Å². The molecule has 21 heavy (non-hydrogen) atoms. The predicted molar refractivity (Wildman–Crippen MR) is 87.9 cm³/mol. The number of nitrogens with zero attached hydrogens (tertiary/aromatic N) is 1. The molecule has 0 unspecified atom stereocenters. The lowest BCUT2D eigenvalue weighted by atomic mass is 10.1. The number of hydrogen-bond donors (Lipinski definition) is 1. The summed E-state index contributed by atoms with van der Waals surface area (Å²) in [5, 5.41) is 0. The van der Waals surface area contributed by atoms with Crippen molar-refractivity contribution in [2.24, 2.45) is 0 Å². The van der Waals surface area contributed by atoms with Crippen LogP contribution in [-0.4, -0.2) is 16.8 Å². The van der Waals surface area contributed by atoms with E-state index in [1.165, 1.54) is 0 Å². The Morgan fingerprint density at radius 2 is 1.81 bits per heavy atom. The second kappa shape index (κ2) is 5.90. The van der Waals surface area contributed by atoms with Crippen LogP contribution in [0.3, 0.4) is 0 Å². The smallest absolute Gasteiger partial charge is 0.255 e. The minimum atomic E-state index is 0.0850. The number of carbonyl (C=O) groups excluding carboxylic acids is 1. The van der Waals surface area contributed by atoms with Gasteiger partial charge in [-0.05, 0) is 58.6 Å². The molecule has 0 bridgehead atoms. The van der Waals surface area contributed by atoms with Gasteiger partial charge in [0.1, 0.15) is 0 Å². The molecule has 2 aromatic carbocycles. The number of benzene rings is 2. The zero-order chi connectivity index (χ0) is 14.8. The number of rotatable bonds is 4. The van der Waals surface area contributed by atoms with E-state index in [4.69, 9.17) is 5.73 Å². The molecule has 1 amide bonds. The van der Waals surface area contributed by atoms with Crippen molar-refractivity contribution in [1.29, 1.82) is 0 Å². The molecule has 108 valence electrons. The maximum absolute atomic E-state index is 12.8. The molecule has 0 heterocycles. The molecule has 0 atom stereocenters. The van der Waals surface area contributed by atoms with Crippen molar-refractivity contribution in [3.05, 3.63) is 64.1 Å². The molecule has 0 aromatic heterocycles. The minimum absolute atomic E-state index is 0.0850. The molecule has 2 aromatic rings. The van der Waals surface area contributed by atoms with Crippen LogP contribution in [0.25, 0.3) is 0 Å². The van der Waals surface area contributed by atoms with Gasteiger partial charge in [-0.3, -0.25) is 4.79 Å². The summed E-state index contributed by atoms with van der Waals surface area (Å²) in [4.78, 5) is 14.8. The van der Waals surface area contributed by atoms with Gasteiger partial charge in [0.2, 0.25) is 0 Å². The summed E-state index contributed by atoms with van der Waals surface area (Å²) in [5.74, 6) is 0.0850. The minimum Gasteiger partial charge on any atom is -0.399 e. The van der Waals surface area contributed by atoms with Crippen molar-refractivity contribution < 1.29 is 4.79 Å². The third-order valence-electron chi connectivity index (χ3n) is 3.69. The zero-order valence-electron chi connectivity index (χ0n) is 11.6. The molecule has 1 aliphatic carbocycles. The highest BCUT2D eigenvalue weighted by Gasteiger charge is 2.33. The van der Waals surface area contributed by atoms with E-state index in [-0.39, 0.29) is 5.91 Å². The lowest BCUT2D eigenvalue weighted by Crippen LogP contribution is -2.32. The molecule has 2 N–H and O–H groups in total. The van der Waals surface area contributed by atoms with Gasteiger partial charge < -0.3 is 10.6 Å². The monoisotopic (exact) mass is 344 g/mol. The van der Waals surface area contributed by atoms with Crippen molar-refractivity contribution in [2.45, 2.75) is 25.4 Å². The second-order valence-electron chi connectivity index (χ2n) is 5.39. The molecule has 4 heteroatoms. The summed E-state index contributed by atoms with van der Waals surface area (Å²) < 4.78 is 0.845. The Hall–Kier alpha value is -1.81. The number of nitrogen functional groups attached to an aromatic ring is 1. The Morgan fingerprint density at radius 1 is 1.14 bits per heavy atom. The van der Waals surface area contributed by atoms with E-state index in [9.17, 15) is 4.79 Å². The van der Waals surface area contributed by atoms with Gasteiger partial charge in [-0.2, -0.15) is 0 Å². The second-order valence-corrected chi connectivity index (χ2v) is 6.24. The zero-order valence-corrected chi connectivity index (χ0v) is 13.2. The molecule has 0 aliphatic heterocycles. The molecular weight excluding hydrogens is 328 g/mol. The summed E-state index contributed by atoms with van der Waals surface area (Å²) in [6.07, 6.45) is 2.18. The fourth-order valence-electron chi connectivity index (χ4n) is 2.36. The van der Waals surface area contributed by atoms with Crippen LogP contribution < -0.4 is 5.73 Å². The lowest BCUT2D eigenvalue weighted by Gasteiger charge is -2.23. The predicted octanol–water partition coefficient (Wildman–Crippen LogP) is 3.84. The van der Waals surface area contributed by atoms with E-state index in [0.717, 1.165) is 34.1 Å². The summed E-state index contributed by atoms with van der Waals surface area (Å²) in [5.41, 5.74) is 8.29. The highest BCUT2D eigenvalue weighted by atomic mass is 79.9. The van der Waals surface area contributed by atoms with Crippen molar-refractivity contribution in [3.8, 4) is 0 Å². The largest absolute Gasteiger partial charge is 0.399 e. The molecule has 3 rings (SSSR count). The van der Waals surface area contributed by atoms with Crippen molar-refractivity contribution in [3.63, 3.8) is 0 Å². The number of amides is 1. The molecule has 0 radical (unpaired) electrons. The Kier molecular flexibility index (Phi) is 3.97. The molecule has 0 spiro atoms. The van der Waals surface area contributed by atoms with Crippen LogP contribution in [0.1, 0.15) is 28.8 Å². The molecule has 0 saturated heterocycles. The van der Waals surface area contributed by atoms with E-state index >= 15 is 0 Å². The van der Waals surface area contributed by atoms with Crippen molar-refractivity contribution in [1.82, 2.24) is 4.90 Å². The first-order valence-corrected chi connectivity index (χ1v) is 7.84. The fourth-order valence-corrected chi connectivity index (χ4v) is 2.82. The lowest BCUT2D eigenvalue weighted by molar-refractivity contribution is 0.0729. The SMILES string of the molecule is Nc1ccc(CN(C(=O)c2ccccc2Br)C2CC2)cc1. The van der Waals surface area contributed by atoms with Gasteiger partial charge in [0.25, 0.3) is 5.91 Å². The number of carbonyl (C=O) groups is 1. The number of anilines is 1. The van der Waals surface area contributed by atoms with Gasteiger partial charge in [-0.1, -0.05) is 24.3 Å². The first kappa shape index (κ1) is 14.1. The van der Waals surface area contributed by atoms with Gasteiger partial charge in [-0.15, -0.1) is 0 Å². The maximum Gasteiger partial charge on any atom is 0.255 e. The van der Waals surface area contributed by atoms with Crippen molar-refractivity contribution in [2.75, 3.05) is 5.73 Å². The van der Waals surface area contributed by atoms with E-state index in [1.54, 1.807) is 0 Å². The Morgan fingerprint density at radius 3 is 2.43 bits per heavy atom. The van der Waals surface area contributed by atoms with Crippen molar-refractivity contribution >= 4 is 27.5 Å². The molecular formula is C17H17BrN2O. The maximum atomic E-state index is 12.8. The summed E-state index contributed by atoms with van der Waals surface area (Å²) in [7, 11) is 0. The molecule has 1 saturated carbocycles. The fraction of sp³-hybridized carbons (Fsp3) is 0.235.